The number of benzene rings is 1. The maximum atomic E-state index is 11.6. The van der Waals surface area contributed by atoms with E-state index in [-0.39, 0.29) is 11.7 Å². The van der Waals surface area contributed by atoms with Gasteiger partial charge in [0.05, 0.1) is 19.9 Å². The Hall–Kier alpha value is -4.87. The largest absolute Gasteiger partial charge is 0.481 e. The second kappa shape index (κ2) is 11.3. The van der Waals surface area contributed by atoms with Gasteiger partial charge in [-0.15, -0.1) is 0 Å². The van der Waals surface area contributed by atoms with E-state index >= 15 is 0 Å². The third-order valence-corrected chi connectivity index (χ3v) is 4.92. The van der Waals surface area contributed by atoms with Crippen molar-refractivity contribution in [3.05, 3.63) is 65.9 Å². The summed E-state index contributed by atoms with van der Waals surface area (Å²) in [5.74, 6) is 1.22. The molecule has 35 heavy (non-hydrogen) atoms. The van der Waals surface area contributed by atoms with E-state index in [1.807, 2.05) is 0 Å². The number of carbonyl (C=O) groups excluding carboxylic acids is 1. The lowest BCUT2D eigenvalue weighted by Gasteiger charge is -2.24. The molecule has 1 unspecified atom stereocenters. The van der Waals surface area contributed by atoms with Crippen LogP contribution >= 0.6 is 0 Å². The summed E-state index contributed by atoms with van der Waals surface area (Å²) >= 11 is 0. The van der Waals surface area contributed by atoms with E-state index in [9.17, 15) is 4.79 Å². The second-order valence-corrected chi connectivity index (χ2v) is 7.24. The van der Waals surface area contributed by atoms with Crippen molar-refractivity contribution >= 4 is 35.3 Å². The fourth-order valence-corrected chi connectivity index (χ4v) is 3.22. The summed E-state index contributed by atoms with van der Waals surface area (Å²) in [6, 6.07) is 13.1. The SMILES string of the molecule is COc1cc(C(Nc2ccc(C(=N)N)cc2)/C(=N/N(C)c2ncccc2N)NC=O)cc(OC)n1. The summed E-state index contributed by atoms with van der Waals surface area (Å²) in [5.41, 5.74) is 13.9. The molecule has 2 heterocycles. The second-order valence-electron chi connectivity index (χ2n) is 7.24. The molecule has 12 nitrogen and oxygen atoms in total. The van der Waals surface area contributed by atoms with Gasteiger partial charge >= 0.3 is 0 Å². The number of carbonyl (C=O) groups is 1. The quantitative estimate of drug-likeness (QED) is 0.126. The number of hydrogen-bond acceptors (Lipinski definition) is 10. The molecule has 0 bridgehead atoms. The van der Waals surface area contributed by atoms with Gasteiger partial charge in [-0.1, -0.05) is 0 Å². The van der Waals surface area contributed by atoms with E-state index in [2.05, 4.69) is 25.7 Å². The number of nitrogens with zero attached hydrogens (tertiary/aromatic N) is 4. The fraction of sp³-hybridized carbons (Fsp3) is 0.174. The molecule has 3 rings (SSSR count). The topological polar surface area (TPSA) is 177 Å². The maximum Gasteiger partial charge on any atom is 0.216 e. The zero-order chi connectivity index (χ0) is 25.4. The molecular formula is C23H27N9O3. The van der Waals surface area contributed by atoms with Crippen molar-refractivity contribution in [2.24, 2.45) is 10.8 Å². The lowest BCUT2D eigenvalue weighted by Crippen LogP contribution is -2.35. The average Bonchev–Trinajstić information content (AvgIpc) is 2.87. The first-order valence-electron chi connectivity index (χ1n) is 10.4. The number of nitrogens with two attached hydrogens (primary N) is 2. The van der Waals surface area contributed by atoms with E-state index in [1.54, 1.807) is 61.8 Å². The molecule has 0 spiro atoms. The fourth-order valence-electron chi connectivity index (χ4n) is 3.22. The number of amides is 1. The minimum atomic E-state index is -0.693. The highest BCUT2D eigenvalue weighted by Gasteiger charge is 2.23. The molecule has 3 aromatic rings. The number of anilines is 3. The predicted molar refractivity (Wildman–Crippen MR) is 135 cm³/mol. The van der Waals surface area contributed by atoms with Gasteiger partial charge in [-0.25, -0.2) is 9.99 Å². The summed E-state index contributed by atoms with van der Waals surface area (Å²) in [5, 5.41) is 19.6. The monoisotopic (exact) mass is 477 g/mol. The van der Waals surface area contributed by atoms with Crippen LogP contribution in [0.1, 0.15) is 17.2 Å². The van der Waals surface area contributed by atoms with Crippen LogP contribution in [0.25, 0.3) is 0 Å². The molecule has 12 heteroatoms. The Morgan fingerprint density at radius 1 is 1.17 bits per heavy atom. The number of pyridine rings is 2. The van der Waals surface area contributed by atoms with E-state index < -0.39 is 6.04 Å². The van der Waals surface area contributed by atoms with Crippen LogP contribution in [-0.2, 0) is 4.79 Å². The molecule has 0 aliphatic heterocycles. The predicted octanol–water partition coefficient (Wildman–Crippen LogP) is 1.71. The van der Waals surface area contributed by atoms with Gasteiger partial charge in [0.2, 0.25) is 18.2 Å². The molecule has 0 radical (unpaired) electrons. The minimum absolute atomic E-state index is 0.0452. The molecule has 0 saturated carbocycles. The molecule has 0 aliphatic carbocycles. The molecule has 7 N–H and O–H groups in total. The van der Waals surface area contributed by atoms with Crippen molar-refractivity contribution in [1.82, 2.24) is 15.3 Å². The van der Waals surface area contributed by atoms with Gasteiger partial charge in [0.15, 0.2) is 11.7 Å². The van der Waals surface area contributed by atoms with Crippen LogP contribution in [0.15, 0.2) is 59.8 Å². The Labute approximate surface area is 202 Å². The number of hydrogen-bond donors (Lipinski definition) is 5. The van der Waals surface area contributed by atoms with Crippen molar-refractivity contribution < 1.29 is 14.3 Å². The van der Waals surface area contributed by atoms with Crippen LogP contribution in [0, 0.1) is 5.41 Å². The van der Waals surface area contributed by atoms with Crippen molar-refractivity contribution in [3.8, 4) is 11.8 Å². The average molecular weight is 478 g/mol. The zero-order valence-corrected chi connectivity index (χ0v) is 19.5. The van der Waals surface area contributed by atoms with Gasteiger partial charge in [-0.2, -0.15) is 10.1 Å². The van der Waals surface area contributed by atoms with Crippen molar-refractivity contribution in [2.75, 3.05) is 37.3 Å². The molecule has 1 atom stereocenters. The van der Waals surface area contributed by atoms with Crippen LogP contribution < -0.4 is 36.6 Å². The Kier molecular flexibility index (Phi) is 8.01. The third kappa shape index (κ3) is 6.13. The first-order chi connectivity index (χ1) is 16.9. The smallest absolute Gasteiger partial charge is 0.216 e. The molecule has 1 aromatic carbocycles. The van der Waals surface area contributed by atoms with E-state index in [1.165, 1.54) is 19.2 Å². The number of methoxy groups -OCH3 is 2. The van der Waals surface area contributed by atoms with Crippen LogP contribution in [0.2, 0.25) is 0 Å². The molecular weight excluding hydrogens is 450 g/mol. The Morgan fingerprint density at radius 2 is 1.83 bits per heavy atom. The van der Waals surface area contributed by atoms with Crippen molar-refractivity contribution in [2.45, 2.75) is 6.04 Å². The van der Waals surface area contributed by atoms with Crippen LogP contribution in [0.5, 0.6) is 11.8 Å². The lowest BCUT2D eigenvalue weighted by molar-refractivity contribution is -0.108. The summed E-state index contributed by atoms with van der Waals surface area (Å²) in [4.78, 5) is 20.1. The standard InChI is InChI=1S/C23H27N9O3/c1-32(23-17(24)5-4-10-27-23)31-22(28-13-33)20(15-11-18(34-2)30-19(12-15)35-3)29-16-8-6-14(7-9-16)21(25)26/h4-13,20,29H,24H2,1-3H3,(H3,25,26)(H,28,31,33). The lowest BCUT2D eigenvalue weighted by atomic mass is 10.1. The Balaban J connectivity index is 2.11. The maximum absolute atomic E-state index is 11.6. The third-order valence-electron chi connectivity index (χ3n) is 4.92. The van der Waals surface area contributed by atoms with Crippen LogP contribution in [-0.4, -0.2) is 49.3 Å². The summed E-state index contributed by atoms with van der Waals surface area (Å²) < 4.78 is 10.6. The minimum Gasteiger partial charge on any atom is -0.481 e. The van der Waals surface area contributed by atoms with E-state index in [0.29, 0.717) is 46.5 Å². The Morgan fingerprint density at radius 3 is 2.37 bits per heavy atom. The van der Waals surface area contributed by atoms with Gasteiger partial charge in [0.1, 0.15) is 11.9 Å². The van der Waals surface area contributed by atoms with Crippen molar-refractivity contribution in [1.29, 1.82) is 5.41 Å². The highest BCUT2D eigenvalue weighted by atomic mass is 16.5. The van der Waals surface area contributed by atoms with Crippen LogP contribution in [0.4, 0.5) is 17.2 Å². The molecule has 0 fully saturated rings. The molecule has 0 aliphatic rings. The normalized spacial score (nSPS) is 11.8. The van der Waals surface area contributed by atoms with E-state index in [0.717, 1.165) is 0 Å². The Bertz CT molecular complexity index is 1190. The van der Waals surface area contributed by atoms with E-state index in [4.69, 9.17) is 26.4 Å². The number of ether oxygens (including phenoxy) is 2. The first kappa shape index (κ1) is 24.8. The van der Waals surface area contributed by atoms with Gasteiger partial charge in [0, 0.05) is 36.6 Å². The van der Waals surface area contributed by atoms with Crippen LogP contribution in [0.3, 0.4) is 0 Å². The van der Waals surface area contributed by atoms with Gasteiger partial charge < -0.3 is 31.6 Å². The molecule has 1 amide bonds. The van der Waals surface area contributed by atoms with Gasteiger partial charge in [-0.3, -0.25) is 10.2 Å². The molecule has 2 aromatic heterocycles. The number of aromatic nitrogens is 2. The van der Waals surface area contributed by atoms with Gasteiger partial charge in [0.25, 0.3) is 0 Å². The number of nitrogens with one attached hydrogen (secondary N) is 3. The number of hydrazone groups is 1. The highest BCUT2D eigenvalue weighted by molar-refractivity contribution is 5.98. The summed E-state index contributed by atoms with van der Waals surface area (Å²) in [7, 11) is 4.65. The summed E-state index contributed by atoms with van der Waals surface area (Å²) in [6.45, 7) is 0. The summed E-state index contributed by atoms with van der Waals surface area (Å²) in [6.07, 6.45) is 2.12. The number of amidine groups is 2. The van der Waals surface area contributed by atoms with Crippen molar-refractivity contribution in [3.63, 3.8) is 0 Å². The zero-order valence-electron chi connectivity index (χ0n) is 19.5. The highest BCUT2D eigenvalue weighted by Crippen LogP contribution is 2.28. The first-order valence-corrected chi connectivity index (χ1v) is 10.4. The number of rotatable bonds is 10. The number of nitrogen functional groups attached to an aromatic ring is 2. The molecule has 182 valence electrons. The van der Waals surface area contributed by atoms with Gasteiger partial charge in [-0.05, 0) is 42.0 Å². The molecule has 0 saturated heterocycles.